The predicted octanol–water partition coefficient (Wildman–Crippen LogP) is 3.85. The molecule has 1 saturated heterocycles. The van der Waals surface area contributed by atoms with Crippen LogP contribution >= 0.6 is 0 Å². The van der Waals surface area contributed by atoms with Crippen LogP contribution in [-0.2, 0) is 4.79 Å². The molecule has 1 aliphatic heterocycles. The maximum atomic E-state index is 13.1. The first-order valence-electron chi connectivity index (χ1n) is 9.76. The Bertz CT molecular complexity index is 1040. The number of piperidine rings is 1. The van der Waals surface area contributed by atoms with E-state index in [1.165, 1.54) is 19.1 Å². The first-order valence-corrected chi connectivity index (χ1v) is 9.76. The number of amides is 2. The summed E-state index contributed by atoms with van der Waals surface area (Å²) >= 11 is 0. The highest BCUT2D eigenvalue weighted by Gasteiger charge is 2.28. The topological polar surface area (TPSA) is 88.3 Å². The number of likely N-dealkylation sites (tertiary alicyclic amines) is 1. The molecule has 30 heavy (non-hydrogen) atoms. The molecule has 0 saturated carbocycles. The minimum atomic E-state index is -0.319. The van der Waals surface area contributed by atoms with Crippen molar-refractivity contribution in [2.75, 3.05) is 18.4 Å². The Kier molecular flexibility index (Phi) is 5.56. The number of rotatable bonds is 4. The van der Waals surface area contributed by atoms with Crippen molar-refractivity contribution in [3.8, 4) is 11.5 Å². The van der Waals surface area contributed by atoms with Crippen LogP contribution < -0.4 is 5.32 Å². The summed E-state index contributed by atoms with van der Waals surface area (Å²) in [5.41, 5.74) is 1.91. The van der Waals surface area contributed by atoms with Crippen LogP contribution in [0.25, 0.3) is 11.5 Å². The van der Waals surface area contributed by atoms with Crippen LogP contribution in [0.3, 0.4) is 0 Å². The molecule has 2 amide bonds. The van der Waals surface area contributed by atoms with Gasteiger partial charge in [-0.25, -0.2) is 4.39 Å². The van der Waals surface area contributed by atoms with Gasteiger partial charge in [0.15, 0.2) is 0 Å². The van der Waals surface area contributed by atoms with Crippen molar-refractivity contribution >= 4 is 17.5 Å². The fourth-order valence-electron chi connectivity index (χ4n) is 3.52. The van der Waals surface area contributed by atoms with Crippen LogP contribution in [0, 0.1) is 5.82 Å². The van der Waals surface area contributed by atoms with Gasteiger partial charge in [-0.05, 0) is 61.4 Å². The lowest BCUT2D eigenvalue weighted by atomic mass is 9.96. The fraction of sp³-hybridized carbons (Fsp3) is 0.273. The number of nitrogens with zero attached hydrogens (tertiary/aromatic N) is 3. The number of halogens is 1. The highest BCUT2D eigenvalue weighted by Crippen LogP contribution is 2.30. The summed E-state index contributed by atoms with van der Waals surface area (Å²) in [7, 11) is 0. The highest BCUT2D eigenvalue weighted by atomic mass is 19.1. The summed E-state index contributed by atoms with van der Waals surface area (Å²) in [4.78, 5) is 25.7. The predicted molar refractivity (Wildman–Crippen MR) is 108 cm³/mol. The van der Waals surface area contributed by atoms with Crippen molar-refractivity contribution in [3.05, 3.63) is 65.8 Å². The summed E-state index contributed by atoms with van der Waals surface area (Å²) < 4.78 is 18.9. The third-order valence-corrected chi connectivity index (χ3v) is 5.12. The summed E-state index contributed by atoms with van der Waals surface area (Å²) in [6, 6.07) is 12.8. The van der Waals surface area contributed by atoms with E-state index >= 15 is 0 Å². The summed E-state index contributed by atoms with van der Waals surface area (Å²) in [5, 5.41) is 10.9. The van der Waals surface area contributed by atoms with Crippen molar-refractivity contribution in [1.82, 2.24) is 15.1 Å². The summed E-state index contributed by atoms with van der Waals surface area (Å²) in [5.74, 6) is 0.474. The van der Waals surface area contributed by atoms with Gasteiger partial charge in [-0.3, -0.25) is 9.59 Å². The van der Waals surface area contributed by atoms with Gasteiger partial charge in [0.2, 0.25) is 17.7 Å². The van der Waals surface area contributed by atoms with E-state index in [-0.39, 0.29) is 23.5 Å². The van der Waals surface area contributed by atoms with E-state index in [0.29, 0.717) is 41.7 Å². The van der Waals surface area contributed by atoms with Crippen LogP contribution in [0.15, 0.2) is 52.9 Å². The van der Waals surface area contributed by atoms with Crippen molar-refractivity contribution in [2.24, 2.45) is 0 Å². The maximum Gasteiger partial charge on any atom is 0.253 e. The zero-order chi connectivity index (χ0) is 21.1. The third kappa shape index (κ3) is 4.37. The van der Waals surface area contributed by atoms with Gasteiger partial charge in [-0.15, -0.1) is 10.2 Å². The number of aromatic nitrogens is 2. The van der Waals surface area contributed by atoms with Crippen molar-refractivity contribution in [2.45, 2.75) is 25.7 Å². The van der Waals surface area contributed by atoms with E-state index < -0.39 is 0 Å². The van der Waals surface area contributed by atoms with Gasteiger partial charge >= 0.3 is 0 Å². The normalized spacial score (nSPS) is 14.5. The maximum absolute atomic E-state index is 13.1. The Morgan fingerprint density at radius 2 is 1.70 bits per heavy atom. The second kappa shape index (κ2) is 8.44. The zero-order valence-corrected chi connectivity index (χ0v) is 16.5. The summed E-state index contributed by atoms with van der Waals surface area (Å²) in [6.45, 7) is 2.62. The highest BCUT2D eigenvalue weighted by molar-refractivity contribution is 5.95. The number of anilines is 1. The van der Waals surface area contributed by atoms with Crippen LogP contribution in [-0.4, -0.2) is 40.0 Å². The molecule has 1 aliphatic rings. The molecule has 2 heterocycles. The molecular weight excluding hydrogens is 387 g/mol. The van der Waals surface area contributed by atoms with Crippen molar-refractivity contribution in [3.63, 3.8) is 0 Å². The first kappa shape index (κ1) is 19.8. The second-order valence-electron chi connectivity index (χ2n) is 7.28. The fourth-order valence-corrected chi connectivity index (χ4v) is 3.52. The number of carbonyl (C=O) groups is 2. The molecule has 0 bridgehead atoms. The molecule has 3 aromatic rings. The van der Waals surface area contributed by atoms with Crippen LogP contribution in [0.4, 0.5) is 10.1 Å². The molecule has 0 unspecified atom stereocenters. The minimum Gasteiger partial charge on any atom is -0.420 e. The van der Waals surface area contributed by atoms with E-state index in [1.807, 2.05) is 0 Å². The Balaban J connectivity index is 1.36. The van der Waals surface area contributed by atoms with E-state index in [4.69, 9.17) is 4.42 Å². The Morgan fingerprint density at radius 3 is 2.33 bits per heavy atom. The smallest absolute Gasteiger partial charge is 0.253 e. The summed E-state index contributed by atoms with van der Waals surface area (Å²) in [6.07, 6.45) is 1.45. The van der Waals surface area contributed by atoms with Gasteiger partial charge in [0.25, 0.3) is 5.91 Å². The third-order valence-electron chi connectivity index (χ3n) is 5.12. The zero-order valence-electron chi connectivity index (χ0n) is 16.5. The molecular formula is C22H21FN4O3. The van der Waals surface area contributed by atoms with E-state index in [9.17, 15) is 14.0 Å². The minimum absolute atomic E-state index is 0.0413. The second-order valence-corrected chi connectivity index (χ2v) is 7.28. The average molecular weight is 408 g/mol. The molecule has 1 fully saturated rings. The quantitative estimate of drug-likeness (QED) is 0.708. The van der Waals surface area contributed by atoms with Gasteiger partial charge in [-0.1, -0.05) is 0 Å². The van der Waals surface area contributed by atoms with Crippen LogP contribution in [0.5, 0.6) is 0 Å². The molecule has 1 aromatic heterocycles. The molecule has 0 spiro atoms. The lowest BCUT2D eigenvalue weighted by Gasteiger charge is -2.30. The van der Waals surface area contributed by atoms with Crippen LogP contribution in [0.2, 0.25) is 0 Å². The lowest BCUT2D eigenvalue weighted by Crippen LogP contribution is -2.38. The van der Waals surface area contributed by atoms with Gasteiger partial charge in [0.05, 0.1) is 0 Å². The van der Waals surface area contributed by atoms with Gasteiger partial charge in [-0.2, -0.15) is 0 Å². The molecule has 8 heteroatoms. The van der Waals surface area contributed by atoms with Crippen molar-refractivity contribution < 1.29 is 18.4 Å². The number of benzene rings is 2. The Labute approximate surface area is 172 Å². The SMILES string of the molecule is CC(=O)Nc1ccc(C(=O)N2CCC(c3nnc(-c4ccc(F)cc4)o3)CC2)cc1. The molecule has 4 rings (SSSR count). The largest absolute Gasteiger partial charge is 0.420 e. The van der Waals surface area contributed by atoms with Gasteiger partial charge < -0.3 is 14.6 Å². The molecule has 0 atom stereocenters. The standard InChI is InChI=1S/C22H21FN4O3/c1-14(28)24-19-8-4-17(5-9-19)22(29)27-12-10-16(11-13-27)21-26-25-20(30-21)15-2-6-18(23)7-3-15/h2-9,16H,10-13H2,1H3,(H,24,28). The number of hydrogen-bond donors (Lipinski definition) is 1. The van der Waals surface area contributed by atoms with Crippen LogP contribution in [0.1, 0.15) is 41.9 Å². The van der Waals surface area contributed by atoms with Gasteiger partial charge in [0, 0.05) is 42.7 Å². The van der Waals surface area contributed by atoms with Crippen molar-refractivity contribution in [1.29, 1.82) is 0 Å². The molecule has 2 aromatic carbocycles. The van der Waals surface area contributed by atoms with E-state index in [1.54, 1.807) is 41.3 Å². The first-order chi connectivity index (χ1) is 14.5. The number of carbonyl (C=O) groups excluding carboxylic acids is 2. The average Bonchev–Trinajstić information content (AvgIpc) is 3.24. The monoisotopic (exact) mass is 408 g/mol. The Morgan fingerprint density at radius 1 is 1.03 bits per heavy atom. The van der Waals surface area contributed by atoms with E-state index in [2.05, 4.69) is 15.5 Å². The Hall–Kier alpha value is -3.55. The molecule has 154 valence electrons. The lowest BCUT2D eigenvalue weighted by molar-refractivity contribution is -0.114. The molecule has 0 radical (unpaired) electrons. The van der Waals surface area contributed by atoms with Gasteiger partial charge in [0.1, 0.15) is 5.82 Å². The van der Waals surface area contributed by atoms with E-state index in [0.717, 1.165) is 12.8 Å². The molecule has 7 nitrogen and oxygen atoms in total. The number of nitrogens with one attached hydrogen (secondary N) is 1. The molecule has 1 N–H and O–H groups in total. The molecule has 0 aliphatic carbocycles. The number of hydrogen-bond acceptors (Lipinski definition) is 5.